The van der Waals surface area contributed by atoms with Gasteiger partial charge in [0.15, 0.2) is 0 Å². The molecule has 0 aliphatic heterocycles. The Bertz CT molecular complexity index is 1110. The number of hydrogen-bond acceptors (Lipinski definition) is 4. The lowest BCUT2D eigenvalue weighted by Crippen LogP contribution is -2.08. The Balaban J connectivity index is 1.73. The number of benzene rings is 4. The van der Waals surface area contributed by atoms with E-state index < -0.39 is 0 Å². The molecule has 0 fully saturated rings. The third-order valence-electron chi connectivity index (χ3n) is 5.23. The van der Waals surface area contributed by atoms with E-state index in [-0.39, 0.29) is 0 Å². The van der Waals surface area contributed by atoms with Crippen LogP contribution in [0.25, 0.3) is 5.57 Å². The molecule has 0 saturated carbocycles. The summed E-state index contributed by atoms with van der Waals surface area (Å²) in [5.41, 5.74) is 5.16. The van der Waals surface area contributed by atoms with E-state index in [1.54, 1.807) is 14.2 Å². The van der Waals surface area contributed by atoms with Crippen molar-refractivity contribution in [2.45, 2.75) is 0 Å². The molecule has 4 nitrogen and oxygen atoms in total. The molecule has 0 aliphatic carbocycles. The van der Waals surface area contributed by atoms with Crippen LogP contribution in [-0.2, 0) is 0 Å². The molecule has 0 atom stereocenters. The summed E-state index contributed by atoms with van der Waals surface area (Å²) in [6, 6.07) is 36.3. The second kappa shape index (κ2) is 10.8. The fourth-order valence-corrected chi connectivity index (χ4v) is 3.50. The molecule has 0 aliphatic rings. The van der Waals surface area contributed by atoms with E-state index in [1.165, 1.54) is 0 Å². The van der Waals surface area contributed by atoms with Gasteiger partial charge in [-0.2, -0.15) is 5.10 Å². The average molecular weight is 435 g/mol. The molecular weight excluding hydrogens is 408 g/mol. The first-order chi connectivity index (χ1) is 16.3. The molecule has 0 radical (unpaired) electrons. The largest absolute Gasteiger partial charge is 0.497 e. The summed E-state index contributed by atoms with van der Waals surface area (Å²) in [7, 11) is 3.34. The first-order valence-corrected chi connectivity index (χ1v) is 10.7. The van der Waals surface area contributed by atoms with Gasteiger partial charge in [-0.25, -0.2) is 5.01 Å². The molecule has 0 bridgehead atoms. The first-order valence-electron chi connectivity index (χ1n) is 10.7. The molecule has 0 unspecified atom stereocenters. The van der Waals surface area contributed by atoms with Crippen LogP contribution in [0.3, 0.4) is 0 Å². The molecule has 0 N–H and O–H groups in total. The van der Waals surface area contributed by atoms with Crippen molar-refractivity contribution >= 4 is 23.2 Å². The highest BCUT2D eigenvalue weighted by Crippen LogP contribution is 2.28. The zero-order valence-corrected chi connectivity index (χ0v) is 18.8. The molecule has 4 rings (SSSR count). The van der Waals surface area contributed by atoms with E-state index in [4.69, 9.17) is 14.6 Å². The summed E-state index contributed by atoms with van der Waals surface area (Å²) in [5, 5.41) is 6.73. The Morgan fingerprint density at radius 2 is 1.03 bits per heavy atom. The zero-order valence-electron chi connectivity index (χ0n) is 18.8. The summed E-state index contributed by atoms with van der Waals surface area (Å²) in [5.74, 6) is 1.64. The number of ether oxygens (including phenoxy) is 2. The summed E-state index contributed by atoms with van der Waals surface area (Å²) < 4.78 is 10.7. The fourth-order valence-electron chi connectivity index (χ4n) is 3.50. The van der Waals surface area contributed by atoms with Crippen molar-refractivity contribution in [3.8, 4) is 11.5 Å². The van der Waals surface area contributed by atoms with Crippen LogP contribution in [-0.4, -0.2) is 20.4 Å². The normalized spacial score (nSPS) is 10.6. The number of nitrogens with zero attached hydrogens (tertiary/aromatic N) is 2. The maximum atomic E-state index is 5.33. The predicted octanol–water partition coefficient (Wildman–Crippen LogP) is 6.96. The minimum absolute atomic E-state index is 0.820. The van der Waals surface area contributed by atoms with Crippen LogP contribution < -0.4 is 14.5 Å². The topological polar surface area (TPSA) is 34.1 Å². The van der Waals surface area contributed by atoms with Gasteiger partial charge in [0.25, 0.3) is 0 Å². The second-order valence-corrected chi connectivity index (χ2v) is 7.28. The minimum Gasteiger partial charge on any atom is -0.497 e. The quantitative estimate of drug-likeness (QED) is 0.222. The Labute approximate surface area is 195 Å². The number of hydrazone groups is 1. The van der Waals surface area contributed by atoms with Gasteiger partial charge in [-0.3, -0.25) is 0 Å². The summed E-state index contributed by atoms with van der Waals surface area (Å²) in [6.07, 6.45) is 3.87. The van der Waals surface area contributed by atoms with Crippen LogP contribution in [0.2, 0.25) is 0 Å². The lowest BCUT2D eigenvalue weighted by Gasteiger charge is -2.19. The van der Waals surface area contributed by atoms with E-state index in [0.717, 1.165) is 39.6 Å². The van der Waals surface area contributed by atoms with Crippen molar-refractivity contribution in [2.75, 3.05) is 19.2 Å². The van der Waals surface area contributed by atoms with Gasteiger partial charge in [-0.1, -0.05) is 60.7 Å². The lowest BCUT2D eigenvalue weighted by molar-refractivity contribution is 0.414. The van der Waals surface area contributed by atoms with Gasteiger partial charge in [0.2, 0.25) is 0 Å². The maximum Gasteiger partial charge on any atom is 0.118 e. The molecule has 0 saturated heterocycles. The molecule has 33 heavy (non-hydrogen) atoms. The number of methoxy groups -OCH3 is 2. The van der Waals surface area contributed by atoms with Gasteiger partial charge in [-0.15, -0.1) is 0 Å². The van der Waals surface area contributed by atoms with Gasteiger partial charge in [0, 0.05) is 6.21 Å². The monoisotopic (exact) mass is 434 g/mol. The Morgan fingerprint density at radius 3 is 1.42 bits per heavy atom. The number of hydrogen-bond donors (Lipinski definition) is 0. The van der Waals surface area contributed by atoms with Crippen LogP contribution in [0.15, 0.2) is 120 Å². The first kappa shape index (κ1) is 21.9. The highest BCUT2D eigenvalue weighted by atomic mass is 16.5. The second-order valence-electron chi connectivity index (χ2n) is 7.28. The van der Waals surface area contributed by atoms with Gasteiger partial charge < -0.3 is 9.47 Å². The van der Waals surface area contributed by atoms with Crippen LogP contribution in [0.1, 0.15) is 11.1 Å². The summed E-state index contributed by atoms with van der Waals surface area (Å²) in [4.78, 5) is 0. The minimum atomic E-state index is 0.820. The molecule has 164 valence electrons. The summed E-state index contributed by atoms with van der Waals surface area (Å²) >= 11 is 0. The standard InChI is InChI=1S/C29H26N2O2/c1-32-27-17-13-23(14-18-27)29(24-15-19-28(33-2)20-16-24)21-22-30-31(25-9-5-3-6-10-25)26-11-7-4-8-12-26/h3-22H,1-2H3/b30-22-. The molecule has 4 heteroatoms. The average Bonchev–Trinajstić information content (AvgIpc) is 2.90. The van der Waals surface area contributed by atoms with Gasteiger partial charge in [0.05, 0.1) is 25.6 Å². The van der Waals surface area contributed by atoms with Gasteiger partial charge >= 0.3 is 0 Å². The SMILES string of the molecule is COc1ccc(C(=C/C=N\N(c2ccccc2)c2ccccc2)c2ccc(OC)cc2)cc1. The zero-order chi connectivity index (χ0) is 22.9. The van der Waals surface area contributed by atoms with Crippen molar-refractivity contribution in [3.05, 3.63) is 126 Å². The van der Waals surface area contributed by atoms with Crippen LogP contribution in [0.4, 0.5) is 11.4 Å². The van der Waals surface area contributed by atoms with Crippen molar-refractivity contribution in [1.29, 1.82) is 0 Å². The third kappa shape index (κ3) is 5.49. The Hall–Kier alpha value is -4.31. The molecule has 4 aromatic carbocycles. The van der Waals surface area contributed by atoms with Crippen LogP contribution in [0.5, 0.6) is 11.5 Å². The highest BCUT2D eigenvalue weighted by molar-refractivity contribution is 5.92. The Morgan fingerprint density at radius 1 is 0.606 bits per heavy atom. The maximum absolute atomic E-state index is 5.33. The predicted molar refractivity (Wildman–Crippen MR) is 137 cm³/mol. The van der Waals surface area contributed by atoms with E-state index in [2.05, 4.69) is 24.3 Å². The van der Waals surface area contributed by atoms with E-state index in [0.29, 0.717) is 0 Å². The molecule has 4 aromatic rings. The molecule has 0 heterocycles. The highest BCUT2D eigenvalue weighted by Gasteiger charge is 2.08. The number of anilines is 2. The van der Waals surface area contributed by atoms with Crippen molar-refractivity contribution < 1.29 is 9.47 Å². The van der Waals surface area contributed by atoms with Crippen LogP contribution in [0, 0.1) is 0 Å². The molecular formula is C29H26N2O2. The summed E-state index contributed by atoms with van der Waals surface area (Å²) in [6.45, 7) is 0. The lowest BCUT2D eigenvalue weighted by atomic mass is 9.97. The number of para-hydroxylation sites is 2. The van der Waals surface area contributed by atoms with Crippen LogP contribution >= 0.6 is 0 Å². The molecule has 0 amide bonds. The Kier molecular flexibility index (Phi) is 7.18. The van der Waals surface area contributed by atoms with E-state index >= 15 is 0 Å². The third-order valence-corrected chi connectivity index (χ3v) is 5.23. The number of rotatable bonds is 8. The van der Waals surface area contributed by atoms with E-state index in [1.807, 2.05) is 102 Å². The van der Waals surface area contributed by atoms with E-state index in [9.17, 15) is 0 Å². The van der Waals surface area contributed by atoms with Crippen molar-refractivity contribution in [2.24, 2.45) is 5.10 Å². The fraction of sp³-hybridized carbons (Fsp3) is 0.0690. The van der Waals surface area contributed by atoms with Crippen molar-refractivity contribution in [1.82, 2.24) is 0 Å². The molecule has 0 spiro atoms. The van der Waals surface area contributed by atoms with Gasteiger partial charge in [0.1, 0.15) is 11.5 Å². The smallest absolute Gasteiger partial charge is 0.118 e. The number of allylic oxidation sites excluding steroid dienone is 1. The van der Waals surface area contributed by atoms with Crippen molar-refractivity contribution in [3.63, 3.8) is 0 Å². The molecule has 0 aromatic heterocycles. The van der Waals surface area contributed by atoms with Gasteiger partial charge in [-0.05, 0) is 71.3 Å².